The van der Waals surface area contributed by atoms with Crippen molar-refractivity contribution in [2.45, 2.75) is 19.8 Å². The standard InChI is InChI=1S/C20H18ClNO4/c1-12-16(11-20(24)25)17-10-15(26-2)7-8-18(17)22(12)19(23)9-13-3-5-14(21)6-4-13/h3-8,10H,9,11H2,1-2H3,(H,24,25). The average Bonchev–Trinajstić information content (AvgIpc) is 2.88. The summed E-state index contributed by atoms with van der Waals surface area (Å²) in [6.45, 7) is 1.77. The molecule has 26 heavy (non-hydrogen) atoms. The van der Waals surface area contributed by atoms with Gasteiger partial charge in [0.2, 0.25) is 5.91 Å². The molecule has 0 aliphatic heterocycles. The fourth-order valence-electron chi connectivity index (χ4n) is 3.14. The average molecular weight is 372 g/mol. The third kappa shape index (κ3) is 3.44. The molecule has 0 saturated heterocycles. The van der Waals surface area contributed by atoms with Crippen LogP contribution >= 0.6 is 11.6 Å². The smallest absolute Gasteiger partial charge is 0.307 e. The number of carbonyl (C=O) groups excluding carboxylic acids is 1. The highest BCUT2D eigenvalue weighted by Gasteiger charge is 2.21. The molecule has 3 aromatic rings. The molecule has 3 rings (SSSR count). The molecule has 6 heteroatoms. The van der Waals surface area contributed by atoms with Crippen molar-refractivity contribution in [3.8, 4) is 5.75 Å². The number of hydrogen-bond acceptors (Lipinski definition) is 3. The molecule has 0 spiro atoms. The normalized spacial score (nSPS) is 10.9. The number of aliphatic carboxylic acids is 1. The summed E-state index contributed by atoms with van der Waals surface area (Å²) < 4.78 is 6.83. The van der Waals surface area contributed by atoms with Gasteiger partial charge in [-0.3, -0.25) is 14.2 Å². The number of methoxy groups -OCH3 is 1. The van der Waals surface area contributed by atoms with Gasteiger partial charge in [0.15, 0.2) is 0 Å². The number of carboxylic acid groups (broad SMARTS) is 1. The minimum Gasteiger partial charge on any atom is -0.497 e. The molecule has 5 nitrogen and oxygen atoms in total. The van der Waals surface area contributed by atoms with Gasteiger partial charge in [0.05, 0.1) is 25.5 Å². The monoisotopic (exact) mass is 371 g/mol. The maximum absolute atomic E-state index is 12.9. The van der Waals surface area contributed by atoms with Gasteiger partial charge in [-0.15, -0.1) is 0 Å². The van der Waals surface area contributed by atoms with E-state index >= 15 is 0 Å². The molecule has 0 aliphatic carbocycles. The van der Waals surface area contributed by atoms with E-state index in [4.69, 9.17) is 16.3 Å². The van der Waals surface area contributed by atoms with Crippen molar-refractivity contribution in [1.29, 1.82) is 0 Å². The summed E-state index contributed by atoms with van der Waals surface area (Å²) in [7, 11) is 1.55. The summed E-state index contributed by atoms with van der Waals surface area (Å²) in [4.78, 5) is 24.2. The molecule has 0 aliphatic rings. The lowest BCUT2D eigenvalue weighted by Gasteiger charge is -2.08. The van der Waals surface area contributed by atoms with Crippen LogP contribution in [0.3, 0.4) is 0 Å². The Labute approximate surface area is 155 Å². The van der Waals surface area contributed by atoms with Gasteiger partial charge in [0.25, 0.3) is 0 Å². The van der Waals surface area contributed by atoms with Crippen LogP contribution < -0.4 is 4.74 Å². The van der Waals surface area contributed by atoms with Crippen molar-refractivity contribution in [1.82, 2.24) is 4.57 Å². The van der Waals surface area contributed by atoms with Crippen LogP contribution in [0.15, 0.2) is 42.5 Å². The number of benzene rings is 2. The zero-order valence-electron chi connectivity index (χ0n) is 14.5. The number of fused-ring (bicyclic) bond motifs is 1. The molecule has 1 heterocycles. The number of carbonyl (C=O) groups is 2. The van der Waals surface area contributed by atoms with E-state index in [1.165, 1.54) is 0 Å². The zero-order valence-corrected chi connectivity index (χ0v) is 15.2. The molecule has 0 amide bonds. The minimum atomic E-state index is -0.944. The molecule has 0 fully saturated rings. The lowest BCUT2D eigenvalue weighted by molar-refractivity contribution is -0.136. The topological polar surface area (TPSA) is 68.5 Å². The van der Waals surface area contributed by atoms with Crippen LogP contribution in [0.2, 0.25) is 5.02 Å². The second-order valence-corrected chi connectivity index (χ2v) is 6.49. The molecule has 2 aromatic carbocycles. The highest BCUT2D eigenvalue weighted by Crippen LogP contribution is 2.30. The number of halogens is 1. The lowest BCUT2D eigenvalue weighted by atomic mass is 10.1. The first kappa shape index (κ1) is 18.0. The molecule has 0 atom stereocenters. The summed E-state index contributed by atoms with van der Waals surface area (Å²) in [5.41, 5.74) is 2.78. The molecular formula is C20H18ClNO4. The van der Waals surface area contributed by atoms with Crippen molar-refractivity contribution in [2.75, 3.05) is 7.11 Å². The van der Waals surface area contributed by atoms with Crippen molar-refractivity contribution >= 4 is 34.4 Å². The van der Waals surface area contributed by atoms with Crippen LogP contribution in [0.4, 0.5) is 0 Å². The second-order valence-electron chi connectivity index (χ2n) is 6.05. The fraction of sp³-hybridized carbons (Fsp3) is 0.200. The Hall–Kier alpha value is -2.79. The number of hydrogen-bond donors (Lipinski definition) is 1. The summed E-state index contributed by atoms with van der Waals surface area (Å²) in [6.07, 6.45) is 0.0387. The van der Waals surface area contributed by atoms with Gasteiger partial charge in [-0.05, 0) is 48.4 Å². The van der Waals surface area contributed by atoms with Gasteiger partial charge in [0.1, 0.15) is 5.75 Å². The van der Waals surface area contributed by atoms with E-state index < -0.39 is 5.97 Å². The summed E-state index contributed by atoms with van der Waals surface area (Å²) in [5.74, 6) is -0.455. The first-order chi connectivity index (χ1) is 12.4. The predicted octanol–water partition coefficient (Wildman–Crippen LogP) is 4.12. The molecule has 0 unspecified atom stereocenters. The fourth-order valence-corrected chi connectivity index (χ4v) is 3.27. The number of carboxylic acids is 1. The molecular weight excluding hydrogens is 354 g/mol. The van der Waals surface area contributed by atoms with E-state index in [9.17, 15) is 14.7 Å². The van der Waals surface area contributed by atoms with Gasteiger partial charge in [-0.1, -0.05) is 23.7 Å². The van der Waals surface area contributed by atoms with Crippen LogP contribution in [0.25, 0.3) is 10.9 Å². The first-order valence-corrected chi connectivity index (χ1v) is 8.46. The second kappa shape index (κ2) is 7.22. The Kier molecular flexibility index (Phi) is 5.00. The molecule has 0 bridgehead atoms. The minimum absolute atomic E-state index is 0.128. The third-order valence-electron chi connectivity index (χ3n) is 4.39. The van der Waals surface area contributed by atoms with E-state index in [0.29, 0.717) is 32.9 Å². The van der Waals surface area contributed by atoms with Crippen LogP contribution in [-0.4, -0.2) is 28.7 Å². The Morgan fingerprint density at radius 2 is 1.81 bits per heavy atom. The van der Waals surface area contributed by atoms with Crippen molar-refractivity contribution in [3.63, 3.8) is 0 Å². The Balaban J connectivity index is 2.09. The first-order valence-electron chi connectivity index (χ1n) is 8.08. The third-order valence-corrected chi connectivity index (χ3v) is 4.64. The van der Waals surface area contributed by atoms with Crippen molar-refractivity contribution < 1.29 is 19.4 Å². The molecule has 1 N–H and O–H groups in total. The van der Waals surface area contributed by atoms with Crippen LogP contribution in [0.1, 0.15) is 21.6 Å². The maximum Gasteiger partial charge on any atom is 0.307 e. The van der Waals surface area contributed by atoms with Crippen molar-refractivity contribution in [2.24, 2.45) is 0 Å². The van der Waals surface area contributed by atoms with Gasteiger partial charge in [-0.25, -0.2) is 0 Å². The Bertz CT molecular complexity index is 989. The predicted molar refractivity (Wildman–Crippen MR) is 100 cm³/mol. The Morgan fingerprint density at radius 1 is 1.12 bits per heavy atom. The summed E-state index contributed by atoms with van der Waals surface area (Å²) in [5, 5.41) is 10.6. The van der Waals surface area contributed by atoms with E-state index in [0.717, 1.165) is 5.56 Å². The highest BCUT2D eigenvalue weighted by molar-refractivity contribution is 6.30. The van der Waals surface area contributed by atoms with Gasteiger partial charge < -0.3 is 9.84 Å². The quantitative estimate of drug-likeness (QED) is 0.732. The van der Waals surface area contributed by atoms with E-state index in [1.807, 2.05) is 12.1 Å². The zero-order chi connectivity index (χ0) is 18.8. The van der Waals surface area contributed by atoms with Gasteiger partial charge in [0, 0.05) is 16.1 Å². The Morgan fingerprint density at radius 3 is 2.42 bits per heavy atom. The number of aromatic nitrogens is 1. The molecule has 0 radical (unpaired) electrons. The van der Waals surface area contributed by atoms with Gasteiger partial charge in [-0.2, -0.15) is 0 Å². The molecule has 134 valence electrons. The highest BCUT2D eigenvalue weighted by atomic mass is 35.5. The maximum atomic E-state index is 12.9. The number of ether oxygens (including phenoxy) is 1. The van der Waals surface area contributed by atoms with Crippen molar-refractivity contribution in [3.05, 3.63) is 64.3 Å². The van der Waals surface area contributed by atoms with E-state index in [1.54, 1.807) is 48.9 Å². The largest absolute Gasteiger partial charge is 0.497 e. The number of nitrogens with zero attached hydrogens (tertiary/aromatic N) is 1. The summed E-state index contributed by atoms with van der Waals surface area (Å²) >= 11 is 5.89. The van der Waals surface area contributed by atoms with Crippen LogP contribution in [0, 0.1) is 6.92 Å². The van der Waals surface area contributed by atoms with Crippen LogP contribution in [0.5, 0.6) is 5.75 Å². The SMILES string of the molecule is COc1ccc2c(c1)c(CC(=O)O)c(C)n2C(=O)Cc1ccc(Cl)cc1. The van der Waals surface area contributed by atoms with Crippen LogP contribution in [-0.2, 0) is 17.6 Å². The molecule has 1 aromatic heterocycles. The van der Waals surface area contributed by atoms with E-state index in [-0.39, 0.29) is 18.7 Å². The molecule has 0 saturated carbocycles. The number of rotatable bonds is 5. The lowest BCUT2D eigenvalue weighted by Crippen LogP contribution is -2.15. The van der Waals surface area contributed by atoms with E-state index in [2.05, 4.69) is 0 Å². The summed E-state index contributed by atoms with van der Waals surface area (Å²) in [6, 6.07) is 12.4. The van der Waals surface area contributed by atoms with Gasteiger partial charge >= 0.3 is 5.97 Å².